The van der Waals surface area contributed by atoms with E-state index < -0.39 is 0 Å². The Hall–Kier alpha value is -2.18. The topological polar surface area (TPSA) is 60.9 Å². The van der Waals surface area contributed by atoms with E-state index in [1.54, 1.807) is 9.80 Å². The minimum Gasteiger partial charge on any atom is -0.394 e. The summed E-state index contributed by atoms with van der Waals surface area (Å²) >= 11 is 3.44. The van der Waals surface area contributed by atoms with E-state index in [-0.39, 0.29) is 43.0 Å². The molecule has 2 fully saturated rings. The molecule has 0 unspecified atom stereocenters. The molecule has 5 nitrogen and oxygen atoms in total. The lowest BCUT2D eigenvalue weighted by atomic mass is 9.73. The minimum absolute atomic E-state index is 0.0313. The summed E-state index contributed by atoms with van der Waals surface area (Å²) in [4.78, 5) is 28.8. The first-order chi connectivity index (χ1) is 13.1. The monoisotopic (exact) mass is 428 g/mol. The molecule has 3 atom stereocenters. The standard InChI is InChI=1S/C21H21BrN2O3/c22-16-8-6-15(7-9-16)21-17-11-23(12-20(27)24(17)18(21)13-25)19(26)10-14-4-2-1-3-5-14/h1-9,17-18,21,25H,10-13H2/t17-,18-,21-/m0/s1. The normalized spacial score (nSPS) is 24.4. The molecular weight excluding hydrogens is 408 g/mol. The van der Waals surface area contributed by atoms with Crippen molar-refractivity contribution in [2.45, 2.75) is 24.4 Å². The zero-order chi connectivity index (χ0) is 19.0. The van der Waals surface area contributed by atoms with Crippen LogP contribution >= 0.6 is 15.9 Å². The molecule has 2 aromatic carbocycles. The molecule has 0 radical (unpaired) electrons. The molecule has 27 heavy (non-hydrogen) atoms. The lowest BCUT2D eigenvalue weighted by Crippen LogP contribution is -2.73. The summed E-state index contributed by atoms with van der Waals surface area (Å²) in [6.45, 7) is 0.529. The SMILES string of the molecule is O=C(Cc1ccccc1)N1CC(=O)N2[C@@H](CO)[C@@H](c3ccc(Br)cc3)[C@@H]2C1. The molecule has 140 valence electrons. The number of benzene rings is 2. The van der Waals surface area contributed by atoms with Gasteiger partial charge in [-0.25, -0.2) is 0 Å². The highest BCUT2D eigenvalue weighted by atomic mass is 79.9. The van der Waals surface area contributed by atoms with E-state index >= 15 is 0 Å². The maximum atomic E-state index is 12.7. The third kappa shape index (κ3) is 3.39. The third-order valence-corrected chi connectivity index (χ3v) is 6.09. The maximum Gasteiger partial charge on any atom is 0.242 e. The average molecular weight is 429 g/mol. The Kier molecular flexibility index (Phi) is 5.02. The molecule has 2 aliphatic rings. The quantitative estimate of drug-likeness (QED) is 0.811. The zero-order valence-corrected chi connectivity index (χ0v) is 16.4. The second kappa shape index (κ2) is 7.44. The molecule has 0 aliphatic carbocycles. The number of carbonyl (C=O) groups is 2. The van der Waals surface area contributed by atoms with E-state index in [0.717, 1.165) is 15.6 Å². The van der Waals surface area contributed by atoms with Crippen molar-refractivity contribution < 1.29 is 14.7 Å². The van der Waals surface area contributed by atoms with Gasteiger partial charge in [0.2, 0.25) is 11.8 Å². The third-order valence-electron chi connectivity index (χ3n) is 5.56. The first-order valence-electron chi connectivity index (χ1n) is 9.07. The molecule has 2 aliphatic heterocycles. The van der Waals surface area contributed by atoms with Crippen LogP contribution in [0.2, 0.25) is 0 Å². The number of aliphatic hydroxyl groups is 1. The first kappa shape index (κ1) is 18.2. The van der Waals surface area contributed by atoms with Gasteiger partial charge in [0.1, 0.15) is 0 Å². The van der Waals surface area contributed by atoms with E-state index in [0.29, 0.717) is 13.0 Å². The lowest BCUT2D eigenvalue weighted by molar-refractivity contribution is -0.166. The number of amides is 2. The van der Waals surface area contributed by atoms with Gasteiger partial charge in [-0.2, -0.15) is 0 Å². The van der Waals surface area contributed by atoms with Crippen LogP contribution in [0, 0.1) is 0 Å². The Morgan fingerprint density at radius 3 is 2.48 bits per heavy atom. The fourth-order valence-electron chi connectivity index (χ4n) is 4.26. The van der Waals surface area contributed by atoms with E-state index in [9.17, 15) is 14.7 Å². The molecule has 0 bridgehead atoms. The molecular formula is C21H21BrN2O3. The summed E-state index contributed by atoms with van der Waals surface area (Å²) in [6, 6.07) is 17.3. The molecule has 0 spiro atoms. The van der Waals surface area contributed by atoms with Gasteiger partial charge in [0.15, 0.2) is 0 Å². The predicted molar refractivity (Wildman–Crippen MR) is 105 cm³/mol. The summed E-state index contributed by atoms with van der Waals surface area (Å²) in [5.41, 5.74) is 2.03. The van der Waals surface area contributed by atoms with Crippen LogP contribution in [-0.4, -0.2) is 58.5 Å². The van der Waals surface area contributed by atoms with Crippen molar-refractivity contribution in [1.29, 1.82) is 0 Å². The second-order valence-corrected chi connectivity index (χ2v) is 8.05. The highest BCUT2D eigenvalue weighted by Crippen LogP contribution is 2.43. The van der Waals surface area contributed by atoms with Gasteiger partial charge in [-0.05, 0) is 23.3 Å². The van der Waals surface area contributed by atoms with Crippen LogP contribution in [-0.2, 0) is 16.0 Å². The first-order valence-corrected chi connectivity index (χ1v) is 9.87. The number of aliphatic hydroxyl groups excluding tert-OH is 1. The van der Waals surface area contributed by atoms with Gasteiger partial charge in [-0.1, -0.05) is 58.4 Å². The van der Waals surface area contributed by atoms with Gasteiger partial charge in [-0.15, -0.1) is 0 Å². The van der Waals surface area contributed by atoms with Crippen molar-refractivity contribution in [1.82, 2.24) is 9.80 Å². The fourth-order valence-corrected chi connectivity index (χ4v) is 4.52. The van der Waals surface area contributed by atoms with E-state index in [2.05, 4.69) is 15.9 Å². The molecule has 4 rings (SSSR count). The molecule has 2 amide bonds. The van der Waals surface area contributed by atoms with Crippen molar-refractivity contribution in [3.8, 4) is 0 Å². The van der Waals surface area contributed by atoms with Crippen molar-refractivity contribution in [2.24, 2.45) is 0 Å². The Morgan fingerprint density at radius 2 is 1.81 bits per heavy atom. The number of hydrogen-bond donors (Lipinski definition) is 1. The average Bonchev–Trinajstić information content (AvgIpc) is 2.65. The van der Waals surface area contributed by atoms with Gasteiger partial charge in [0, 0.05) is 16.9 Å². The number of piperazine rings is 1. The van der Waals surface area contributed by atoms with Crippen LogP contribution in [0.25, 0.3) is 0 Å². The summed E-state index contributed by atoms with van der Waals surface area (Å²) in [6.07, 6.45) is 0.299. The van der Waals surface area contributed by atoms with Crippen LogP contribution in [0.15, 0.2) is 59.1 Å². The van der Waals surface area contributed by atoms with Crippen LogP contribution in [0.5, 0.6) is 0 Å². The maximum absolute atomic E-state index is 12.7. The van der Waals surface area contributed by atoms with Gasteiger partial charge in [-0.3, -0.25) is 9.59 Å². The summed E-state index contributed by atoms with van der Waals surface area (Å²) in [5.74, 6) is -0.0735. The summed E-state index contributed by atoms with van der Waals surface area (Å²) < 4.78 is 0.988. The number of halogens is 1. The summed E-state index contributed by atoms with van der Waals surface area (Å²) in [7, 11) is 0. The van der Waals surface area contributed by atoms with Gasteiger partial charge >= 0.3 is 0 Å². The van der Waals surface area contributed by atoms with Crippen LogP contribution in [0.4, 0.5) is 0 Å². The largest absolute Gasteiger partial charge is 0.394 e. The van der Waals surface area contributed by atoms with Gasteiger partial charge in [0.25, 0.3) is 0 Å². The Balaban J connectivity index is 1.52. The van der Waals surface area contributed by atoms with Crippen LogP contribution in [0.1, 0.15) is 17.0 Å². The molecule has 1 N–H and O–H groups in total. The molecule has 2 heterocycles. The smallest absolute Gasteiger partial charge is 0.242 e. The minimum atomic E-state index is -0.213. The summed E-state index contributed by atoms with van der Waals surface area (Å²) in [5, 5.41) is 9.82. The number of hydrogen-bond acceptors (Lipinski definition) is 3. The van der Waals surface area contributed by atoms with Crippen molar-refractivity contribution >= 4 is 27.7 Å². The van der Waals surface area contributed by atoms with Crippen LogP contribution in [0.3, 0.4) is 0 Å². The Labute approximate surface area is 166 Å². The molecule has 6 heteroatoms. The van der Waals surface area contributed by atoms with Crippen molar-refractivity contribution in [2.75, 3.05) is 19.7 Å². The van der Waals surface area contributed by atoms with Gasteiger partial charge < -0.3 is 14.9 Å². The highest BCUT2D eigenvalue weighted by molar-refractivity contribution is 9.10. The van der Waals surface area contributed by atoms with Crippen molar-refractivity contribution in [3.63, 3.8) is 0 Å². The number of carbonyl (C=O) groups excluding carboxylic acids is 2. The Bertz CT molecular complexity index is 840. The molecule has 2 aromatic rings. The number of fused-ring (bicyclic) bond motifs is 1. The van der Waals surface area contributed by atoms with E-state index in [1.807, 2.05) is 54.6 Å². The van der Waals surface area contributed by atoms with Crippen LogP contribution < -0.4 is 0 Å². The Morgan fingerprint density at radius 1 is 1.11 bits per heavy atom. The van der Waals surface area contributed by atoms with Gasteiger partial charge in [0.05, 0.1) is 31.7 Å². The predicted octanol–water partition coefficient (Wildman–Crippen LogP) is 2.19. The molecule has 2 saturated heterocycles. The fraction of sp³-hybridized carbons (Fsp3) is 0.333. The molecule has 0 saturated carbocycles. The molecule has 0 aromatic heterocycles. The van der Waals surface area contributed by atoms with E-state index in [4.69, 9.17) is 0 Å². The van der Waals surface area contributed by atoms with Crippen molar-refractivity contribution in [3.05, 3.63) is 70.2 Å². The highest BCUT2D eigenvalue weighted by Gasteiger charge is 2.54. The van der Waals surface area contributed by atoms with E-state index in [1.165, 1.54) is 0 Å². The number of rotatable bonds is 4. The zero-order valence-electron chi connectivity index (χ0n) is 14.8. The second-order valence-electron chi connectivity index (χ2n) is 7.13. The lowest BCUT2D eigenvalue weighted by Gasteiger charge is -2.58. The number of nitrogens with zero attached hydrogens (tertiary/aromatic N) is 2.